The van der Waals surface area contributed by atoms with E-state index in [4.69, 9.17) is 0 Å². The molecule has 0 unspecified atom stereocenters. The molecule has 1 amide bonds. The van der Waals surface area contributed by atoms with Crippen LogP contribution in [0.4, 0.5) is 0 Å². The zero-order chi connectivity index (χ0) is 12.4. The molecule has 88 valence electrons. The van der Waals surface area contributed by atoms with E-state index in [2.05, 4.69) is 0 Å². The summed E-state index contributed by atoms with van der Waals surface area (Å²) in [5.41, 5.74) is 0.654. The van der Waals surface area contributed by atoms with E-state index in [-0.39, 0.29) is 5.91 Å². The Morgan fingerprint density at radius 2 is 1.76 bits per heavy atom. The topological polar surface area (TPSA) is 40.5 Å². The summed E-state index contributed by atoms with van der Waals surface area (Å²) >= 11 is 0. The first kappa shape index (κ1) is 11.6. The highest BCUT2D eigenvalue weighted by molar-refractivity contribution is 5.91. The molecule has 17 heavy (non-hydrogen) atoms. The van der Waals surface area contributed by atoms with Crippen molar-refractivity contribution in [1.29, 1.82) is 0 Å². The van der Waals surface area contributed by atoms with E-state index >= 15 is 0 Å². The Labute approximate surface area is 100 Å². The van der Waals surface area contributed by atoms with Gasteiger partial charge >= 0.3 is 0 Å². The number of rotatable bonds is 2. The van der Waals surface area contributed by atoms with E-state index < -0.39 is 6.10 Å². The lowest BCUT2D eigenvalue weighted by atomic mass is 10.00. The molecule has 0 aliphatic heterocycles. The molecule has 0 saturated carbocycles. The van der Waals surface area contributed by atoms with Gasteiger partial charge in [-0.3, -0.25) is 4.79 Å². The van der Waals surface area contributed by atoms with Gasteiger partial charge in [0.25, 0.3) is 5.91 Å². The van der Waals surface area contributed by atoms with Gasteiger partial charge in [-0.25, -0.2) is 0 Å². The molecule has 0 heterocycles. The maximum atomic E-state index is 11.8. The van der Waals surface area contributed by atoms with Crippen molar-refractivity contribution < 1.29 is 9.90 Å². The third kappa shape index (κ3) is 2.15. The molecule has 0 spiro atoms. The second-order valence-electron chi connectivity index (χ2n) is 4.20. The first-order valence-corrected chi connectivity index (χ1v) is 5.48. The zero-order valence-electron chi connectivity index (χ0n) is 9.92. The molecule has 0 bridgehead atoms. The predicted octanol–water partition coefficient (Wildman–Crippen LogP) is 1.96. The van der Waals surface area contributed by atoms with Crippen LogP contribution in [0.2, 0.25) is 0 Å². The lowest BCUT2D eigenvalue weighted by molar-refractivity contribution is -0.137. The minimum absolute atomic E-state index is 0.304. The smallest absolute Gasteiger partial charge is 0.255 e. The van der Waals surface area contributed by atoms with E-state index in [1.165, 1.54) is 4.90 Å². The van der Waals surface area contributed by atoms with Crippen molar-refractivity contribution in [2.75, 3.05) is 14.1 Å². The van der Waals surface area contributed by atoms with E-state index in [1.54, 1.807) is 20.2 Å². The number of hydrogen-bond donors (Lipinski definition) is 1. The van der Waals surface area contributed by atoms with Gasteiger partial charge in [-0.15, -0.1) is 0 Å². The average molecular weight is 229 g/mol. The highest BCUT2D eigenvalue weighted by Gasteiger charge is 2.20. The van der Waals surface area contributed by atoms with Crippen LogP contribution >= 0.6 is 0 Å². The van der Waals surface area contributed by atoms with Crippen LogP contribution in [0.25, 0.3) is 10.8 Å². The molecule has 0 aliphatic carbocycles. The quantitative estimate of drug-likeness (QED) is 0.855. The van der Waals surface area contributed by atoms with Gasteiger partial charge in [0.15, 0.2) is 6.10 Å². The van der Waals surface area contributed by atoms with Crippen LogP contribution in [0.1, 0.15) is 11.7 Å². The van der Waals surface area contributed by atoms with Gasteiger partial charge in [0.05, 0.1) is 0 Å². The summed E-state index contributed by atoms with van der Waals surface area (Å²) < 4.78 is 0. The van der Waals surface area contributed by atoms with Crippen molar-refractivity contribution >= 4 is 16.7 Å². The molecule has 0 fully saturated rings. The van der Waals surface area contributed by atoms with Crippen molar-refractivity contribution in [2.45, 2.75) is 6.10 Å². The highest BCUT2D eigenvalue weighted by atomic mass is 16.3. The van der Waals surface area contributed by atoms with Crippen molar-refractivity contribution in [2.24, 2.45) is 0 Å². The molecule has 0 aromatic heterocycles. The molecule has 0 saturated heterocycles. The fourth-order valence-corrected chi connectivity index (χ4v) is 1.87. The molecule has 2 rings (SSSR count). The van der Waals surface area contributed by atoms with Gasteiger partial charge in [-0.1, -0.05) is 42.5 Å². The molecule has 1 N–H and O–H groups in total. The Morgan fingerprint density at radius 1 is 1.12 bits per heavy atom. The minimum Gasteiger partial charge on any atom is -0.378 e. The third-order valence-electron chi connectivity index (χ3n) is 2.79. The third-order valence-corrected chi connectivity index (χ3v) is 2.79. The van der Waals surface area contributed by atoms with Crippen LogP contribution < -0.4 is 0 Å². The second-order valence-corrected chi connectivity index (χ2v) is 4.20. The molecule has 0 radical (unpaired) electrons. The van der Waals surface area contributed by atoms with E-state index in [9.17, 15) is 9.90 Å². The Bertz CT molecular complexity index is 543. The van der Waals surface area contributed by atoms with Gasteiger partial charge in [0.1, 0.15) is 0 Å². The Morgan fingerprint density at radius 3 is 2.47 bits per heavy atom. The fourth-order valence-electron chi connectivity index (χ4n) is 1.87. The molecule has 2 aromatic rings. The van der Waals surface area contributed by atoms with Gasteiger partial charge in [-0.05, 0) is 16.3 Å². The predicted molar refractivity (Wildman–Crippen MR) is 67.6 cm³/mol. The Kier molecular flexibility index (Phi) is 3.11. The van der Waals surface area contributed by atoms with Crippen molar-refractivity contribution in [3.8, 4) is 0 Å². The summed E-state index contributed by atoms with van der Waals surface area (Å²) in [6, 6.07) is 13.3. The van der Waals surface area contributed by atoms with Crippen LogP contribution in [0, 0.1) is 0 Å². The summed E-state index contributed by atoms with van der Waals surface area (Å²) in [7, 11) is 3.27. The van der Waals surface area contributed by atoms with E-state index in [0.29, 0.717) is 5.56 Å². The number of fused-ring (bicyclic) bond motifs is 1. The molecule has 0 aliphatic rings. The summed E-state index contributed by atoms with van der Waals surface area (Å²) in [4.78, 5) is 13.2. The number of hydrogen-bond acceptors (Lipinski definition) is 2. The van der Waals surface area contributed by atoms with Crippen LogP contribution in [0.15, 0.2) is 42.5 Å². The average Bonchev–Trinajstić information content (AvgIpc) is 2.36. The number of aliphatic hydroxyl groups excluding tert-OH is 1. The van der Waals surface area contributed by atoms with Crippen molar-refractivity contribution in [1.82, 2.24) is 4.90 Å². The van der Waals surface area contributed by atoms with Crippen LogP contribution in [-0.2, 0) is 4.79 Å². The largest absolute Gasteiger partial charge is 0.378 e. The standard InChI is InChI=1S/C14H15NO2/c1-15(2)14(17)13(16)12-9-5-7-10-6-3-4-8-11(10)12/h3-9,13,16H,1-2H3/t13-/m0/s1. The summed E-state index contributed by atoms with van der Waals surface area (Å²) in [6.45, 7) is 0. The maximum absolute atomic E-state index is 11.8. The minimum atomic E-state index is -1.10. The van der Waals surface area contributed by atoms with Gasteiger partial charge in [0.2, 0.25) is 0 Å². The zero-order valence-corrected chi connectivity index (χ0v) is 9.92. The van der Waals surface area contributed by atoms with Crippen LogP contribution in [0.3, 0.4) is 0 Å². The van der Waals surface area contributed by atoms with Crippen LogP contribution in [-0.4, -0.2) is 30.0 Å². The van der Waals surface area contributed by atoms with Gasteiger partial charge < -0.3 is 10.0 Å². The van der Waals surface area contributed by atoms with Crippen molar-refractivity contribution in [3.05, 3.63) is 48.0 Å². The molecular weight excluding hydrogens is 214 g/mol. The first-order chi connectivity index (χ1) is 8.11. The normalized spacial score (nSPS) is 12.4. The Balaban J connectivity index is 2.52. The number of aliphatic hydroxyl groups is 1. The molecular formula is C14H15NO2. The number of carbonyl (C=O) groups is 1. The lowest BCUT2D eigenvalue weighted by Crippen LogP contribution is -2.28. The number of benzene rings is 2. The molecule has 2 aromatic carbocycles. The number of likely N-dealkylation sites (N-methyl/N-ethyl adjacent to an activating group) is 1. The summed E-state index contributed by atoms with van der Waals surface area (Å²) in [5.74, 6) is -0.304. The Hall–Kier alpha value is -1.87. The maximum Gasteiger partial charge on any atom is 0.255 e. The van der Waals surface area contributed by atoms with Crippen LogP contribution in [0.5, 0.6) is 0 Å². The van der Waals surface area contributed by atoms with Gasteiger partial charge in [-0.2, -0.15) is 0 Å². The summed E-state index contributed by atoms with van der Waals surface area (Å²) in [5, 5.41) is 12.0. The molecule has 3 heteroatoms. The summed E-state index contributed by atoms with van der Waals surface area (Å²) in [6.07, 6.45) is -1.10. The van der Waals surface area contributed by atoms with E-state index in [0.717, 1.165) is 10.8 Å². The number of carbonyl (C=O) groups excluding carboxylic acids is 1. The fraction of sp³-hybridized carbons (Fsp3) is 0.214. The monoisotopic (exact) mass is 229 g/mol. The molecule has 3 nitrogen and oxygen atoms in total. The molecule has 1 atom stereocenters. The van der Waals surface area contributed by atoms with Gasteiger partial charge in [0, 0.05) is 14.1 Å². The number of amides is 1. The second kappa shape index (κ2) is 4.55. The number of nitrogens with zero attached hydrogens (tertiary/aromatic N) is 1. The SMILES string of the molecule is CN(C)C(=O)[C@@H](O)c1cccc2ccccc12. The lowest BCUT2D eigenvalue weighted by Gasteiger charge is -2.17. The van der Waals surface area contributed by atoms with E-state index in [1.807, 2.05) is 36.4 Å². The first-order valence-electron chi connectivity index (χ1n) is 5.48. The highest BCUT2D eigenvalue weighted by Crippen LogP contribution is 2.24. The van der Waals surface area contributed by atoms with Crippen molar-refractivity contribution in [3.63, 3.8) is 0 Å².